The van der Waals surface area contributed by atoms with Crippen LogP contribution in [0, 0.1) is 0 Å². The van der Waals surface area contributed by atoms with Crippen LogP contribution >= 0.6 is 0 Å². The van der Waals surface area contributed by atoms with Crippen LogP contribution in [0.25, 0.3) is 16.9 Å². The molecule has 0 spiro atoms. The van der Waals surface area contributed by atoms with E-state index in [1.807, 2.05) is 6.92 Å². The van der Waals surface area contributed by atoms with Gasteiger partial charge in [0.25, 0.3) is 5.56 Å². The first kappa shape index (κ1) is 23.7. The molecule has 0 atom stereocenters. The fourth-order valence-corrected chi connectivity index (χ4v) is 4.24. The molecule has 0 radical (unpaired) electrons. The average molecular weight is 473 g/mol. The minimum atomic E-state index is -4.65. The van der Waals surface area contributed by atoms with Gasteiger partial charge in [0, 0.05) is 29.4 Å². The largest absolute Gasteiger partial charge is 0.497 e. The normalized spacial score (nSPS) is 13.0. The number of halogens is 3. The van der Waals surface area contributed by atoms with Gasteiger partial charge in [-0.1, -0.05) is 6.92 Å². The van der Waals surface area contributed by atoms with Crippen molar-refractivity contribution in [2.24, 2.45) is 0 Å². The number of fused-ring (bicyclic) bond motifs is 1. The number of alkyl halides is 3. The summed E-state index contributed by atoms with van der Waals surface area (Å²) in [5.41, 5.74) is 1.05. The van der Waals surface area contributed by atoms with Crippen molar-refractivity contribution in [3.05, 3.63) is 63.4 Å². The van der Waals surface area contributed by atoms with Gasteiger partial charge in [0.15, 0.2) is 0 Å². The first-order chi connectivity index (χ1) is 16.3. The minimum Gasteiger partial charge on any atom is -0.497 e. The Labute approximate surface area is 195 Å². The first-order valence-corrected chi connectivity index (χ1v) is 11.1. The van der Waals surface area contributed by atoms with Gasteiger partial charge >= 0.3 is 6.18 Å². The predicted molar refractivity (Wildman–Crippen MR) is 124 cm³/mol. The van der Waals surface area contributed by atoms with Crippen molar-refractivity contribution in [3.63, 3.8) is 0 Å². The van der Waals surface area contributed by atoms with E-state index in [-0.39, 0.29) is 5.69 Å². The van der Waals surface area contributed by atoms with Crippen molar-refractivity contribution in [1.29, 1.82) is 0 Å². The van der Waals surface area contributed by atoms with Gasteiger partial charge in [-0.05, 0) is 61.6 Å². The number of rotatable bonds is 7. The van der Waals surface area contributed by atoms with E-state index in [9.17, 15) is 18.0 Å². The van der Waals surface area contributed by atoms with Crippen molar-refractivity contribution in [3.8, 4) is 28.4 Å². The van der Waals surface area contributed by atoms with E-state index >= 15 is 0 Å². The Bertz CT molecular complexity index is 1250. The lowest BCUT2D eigenvalue weighted by atomic mass is 10.0. The van der Waals surface area contributed by atoms with E-state index in [2.05, 4.69) is 10.4 Å². The number of anilines is 1. The maximum atomic E-state index is 13.9. The third-order valence-corrected chi connectivity index (χ3v) is 5.89. The molecule has 9 heteroatoms. The molecule has 2 aromatic carbocycles. The number of methoxy groups -OCH3 is 2. The van der Waals surface area contributed by atoms with Crippen LogP contribution in [0.3, 0.4) is 0 Å². The van der Waals surface area contributed by atoms with Crippen molar-refractivity contribution in [1.82, 2.24) is 9.78 Å². The molecule has 1 N–H and O–H groups in total. The summed E-state index contributed by atoms with van der Waals surface area (Å²) < 4.78 is 53.5. The molecular weight excluding hydrogens is 447 g/mol. The average Bonchev–Trinajstić information content (AvgIpc) is 3.32. The van der Waals surface area contributed by atoms with Gasteiger partial charge in [0.2, 0.25) is 0 Å². The van der Waals surface area contributed by atoms with Crippen LogP contribution in [0.4, 0.5) is 18.9 Å². The van der Waals surface area contributed by atoms with Crippen LogP contribution in [-0.2, 0) is 19.0 Å². The molecule has 0 amide bonds. The molecule has 0 saturated carbocycles. The van der Waals surface area contributed by atoms with Crippen molar-refractivity contribution in [2.45, 2.75) is 38.8 Å². The number of nitrogens with zero attached hydrogens (tertiary/aromatic N) is 2. The molecule has 1 aliphatic carbocycles. The van der Waals surface area contributed by atoms with Gasteiger partial charge in [0.05, 0.1) is 31.2 Å². The molecule has 0 aliphatic heterocycles. The zero-order chi connectivity index (χ0) is 24.5. The molecule has 180 valence electrons. The number of hydrogen-bond donors (Lipinski definition) is 1. The lowest BCUT2D eigenvalue weighted by molar-refractivity contribution is -0.137. The summed E-state index contributed by atoms with van der Waals surface area (Å²) in [5, 5.41) is 7.58. The summed E-state index contributed by atoms with van der Waals surface area (Å²) in [6.07, 6.45) is -2.01. The molecule has 6 nitrogen and oxygen atoms in total. The summed E-state index contributed by atoms with van der Waals surface area (Å²) in [6.45, 7) is 2.55. The van der Waals surface area contributed by atoms with Gasteiger partial charge in [-0.2, -0.15) is 23.0 Å². The van der Waals surface area contributed by atoms with Crippen LogP contribution in [0.5, 0.6) is 11.5 Å². The summed E-state index contributed by atoms with van der Waals surface area (Å²) in [6, 6.07) is 8.87. The van der Waals surface area contributed by atoms with Crippen molar-refractivity contribution in [2.75, 3.05) is 26.1 Å². The summed E-state index contributed by atoms with van der Waals surface area (Å²) in [4.78, 5) is 13.4. The summed E-state index contributed by atoms with van der Waals surface area (Å²) >= 11 is 0. The van der Waals surface area contributed by atoms with E-state index in [1.54, 1.807) is 18.2 Å². The van der Waals surface area contributed by atoms with E-state index in [0.717, 1.165) is 29.2 Å². The van der Waals surface area contributed by atoms with Crippen LogP contribution in [0.15, 0.2) is 41.2 Å². The zero-order valence-corrected chi connectivity index (χ0v) is 19.3. The van der Waals surface area contributed by atoms with Gasteiger partial charge in [-0.3, -0.25) is 4.79 Å². The molecule has 1 heterocycles. The molecule has 3 aromatic rings. The van der Waals surface area contributed by atoms with Crippen LogP contribution in [-0.4, -0.2) is 30.5 Å². The summed E-state index contributed by atoms with van der Waals surface area (Å²) in [5.74, 6) is 1.03. The third-order valence-electron chi connectivity index (χ3n) is 5.89. The molecule has 34 heavy (non-hydrogen) atoms. The number of benzene rings is 2. The minimum absolute atomic E-state index is 0.301. The van der Waals surface area contributed by atoms with Crippen LogP contribution < -0.4 is 20.3 Å². The maximum Gasteiger partial charge on any atom is 0.418 e. The Morgan fingerprint density at radius 2 is 1.71 bits per heavy atom. The fourth-order valence-electron chi connectivity index (χ4n) is 4.24. The van der Waals surface area contributed by atoms with Gasteiger partial charge in [0.1, 0.15) is 11.5 Å². The van der Waals surface area contributed by atoms with Crippen molar-refractivity contribution < 1.29 is 22.6 Å². The van der Waals surface area contributed by atoms with Crippen LogP contribution in [0.1, 0.15) is 36.5 Å². The number of nitrogens with one attached hydrogen (secondary N) is 1. The predicted octanol–water partition coefficient (Wildman–Crippen LogP) is 5.25. The number of hydrogen-bond acceptors (Lipinski definition) is 5. The van der Waals surface area contributed by atoms with Gasteiger partial charge in [-0.25, -0.2) is 0 Å². The van der Waals surface area contributed by atoms with E-state index < -0.39 is 17.3 Å². The molecule has 0 fully saturated rings. The molecule has 0 saturated heterocycles. The van der Waals surface area contributed by atoms with E-state index in [1.165, 1.54) is 26.4 Å². The molecular formula is C25H26F3N3O3. The summed E-state index contributed by atoms with van der Waals surface area (Å²) in [7, 11) is 3.03. The second kappa shape index (κ2) is 9.40. The third kappa shape index (κ3) is 4.47. The van der Waals surface area contributed by atoms with E-state index in [0.29, 0.717) is 53.4 Å². The number of aromatic nitrogens is 2. The standard InChI is InChI=1S/C25H26F3N3O3/c1-4-10-29-16-8-9-21(25(26,27)28)22(13-16)31-24(32)20-7-5-6-19(20)23(30-31)15-11-17(33-2)14-18(12-15)34-3/h8-9,11-14,29H,4-7,10H2,1-3H3. The Kier molecular flexibility index (Phi) is 6.54. The second-order valence-corrected chi connectivity index (χ2v) is 8.13. The molecule has 1 aliphatic rings. The topological polar surface area (TPSA) is 65.4 Å². The fraction of sp³-hybridized carbons (Fsp3) is 0.360. The van der Waals surface area contributed by atoms with Gasteiger partial charge < -0.3 is 14.8 Å². The maximum absolute atomic E-state index is 13.9. The highest BCUT2D eigenvalue weighted by molar-refractivity contribution is 5.69. The lowest BCUT2D eigenvalue weighted by Gasteiger charge is -2.18. The SMILES string of the molecule is CCCNc1ccc(C(F)(F)F)c(-n2nc(-c3cc(OC)cc(OC)c3)c3c(c2=O)CCC3)c1. The monoisotopic (exact) mass is 473 g/mol. The quantitative estimate of drug-likeness (QED) is 0.508. The Hall–Kier alpha value is -3.49. The Morgan fingerprint density at radius 1 is 1.03 bits per heavy atom. The Morgan fingerprint density at radius 3 is 2.32 bits per heavy atom. The first-order valence-electron chi connectivity index (χ1n) is 11.1. The highest BCUT2D eigenvalue weighted by Crippen LogP contribution is 2.37. The molecule has 0 unspecified atom stereocenters. The van der Waals surface area contributed by atoms with E-state index in [4.69, 9.17) is 9.47 Å². The molecule has 1 aromatic heterocycles. The van der Waals surface area contributed by atoms with Crippen molar-refractivity contribution >= 4 is 5.69 Å². The highest BCUT2D eigenvalue weighted by atomic mass is 19.4. The molecule has 0 bridgehead atoms. The smallest absolute Gasteiger partial charge is 0.418 e. The van der Waals surface area contributed by atoms with Crippen LogP contribution in [0.2, 0.25) is 0 Å². The van der Waals surface area contributed by atoms with Gasteiger partial charge in [-0.15, -0.1) is 0 Å². The molecule has 4 rings (SSSR count). The number of ether oxygens (including phenoxy) is 2. The second-order valence-electron chi connectivity index (χ2n) is 8.13. The zero-order valence-electron chi connectivity index (χ0n) is 19.3. The lowest BCUT2D eigenvalue weighted by Crippen LogP contribution is -2.28. The Balaban J connectivity index is 1.99. The highest BCUT2D eigenvalue weighted by Gasteiger charge is 2.35.